The van der Waals surface area contributed by atoms with Gasteiger partial charge in [-0.1, -0.05) is 35.7 Å². The van der Waals surface area contributed by atoms with E-state index >= 15 is 0 Å². The van der Waals surface area contributed by atoms with Crippen molar-refractivity contribution in [1.29, 1.82) is 0 Å². The molecule has 0 aliphatic heterocycles. The Morgan fingerprint density at radius 3 is 2.69 bits per heavy atom. The quantitative estimate of drug-likeness (QED) is 0.876. The van der Waals surface area contributed by atoms with E-state index < -0.39 is 0 Å². The van der Waals surface area contributed by atoms with Gasteiger partial charge in [-0.2, -0.15) is 0 Å². The second-order valence-corrected chi connectivity index (χ2v) is 4.45. The first-order valence-electron chi connectivity index (χ1n) is 3.88. The van der Waals surface area contributed by atoms with Crippen molar-refractivity contribution in [3.8, 4) is 0 Å². The molecule has 1 aromatic rings. The van der Waals surface area contributed by atoms with Gasteiger partial charge in [-0.25, -0.2) is 4.98 Å². The van der Waals surface area contributed by atoms with Crippen LogP contribution >= 0.6 is 34.5 Å². The van der Waals surface area contributed by atoms with E-state index in [-0.39, 0.29) is 0 Å². The molecule has 0 spiro atoms. The molecule has 0 bridgehead atoms. The summed E-state index contributed by atoms with van der Waals surface area (Å²) in [6, 6.07) is 0. The molecule has 0 atom stereocenters. The Balaban J connectivity index is 2.95. The van der Waals surface area contributed by atoms with Gasteiger partial charge in [0.1, 0.15) is 5.15 Å². The Kier molecular flexibility index (Phi) is 4.19. The van der Waals surface area contributed by atoms with Gasteiger partial charge in [0, 0.05) is 6.54 Å². The normalized spacial score (nSPS) is 12.2. The van der Waals surface area contributed by atoms with Crippen molar-refractivity contribution in [2.75, 3.05) is 6.54 Å². The smallest absolute Gasteiger partial charge is 0.185 e. The van der Waals surface area contributed by atoms with Crippen LogP contribution in [-0.4, -0.2) is 11.5 Å². The molecule has 0 saturated carbocycles. The first-order chi connectivity index (χ1) is 6.17. The van der Waals surface area contributed by atoms with Crippen LogP contribution < -0.4 is 5.73 Å². The fourth-order valence-electron chi connectivity index (χ4n) is 0.868. The molecule has 1 rings (SSSR count). The van der Waals surface area contributed by atoms with E-state index in [4.69, 9.17) is 28.9 Å². The molecule has 0 aliphatic rings. The third-order valence-corrected chi connectivity index (χ3v) is 3.14. The van der Waals surface area contributed by atoms with E-state index in [2.05, 4.69) is 11.9 Å². The molecule has 0 aromatic carbocycles. The highest BCUT2D eigenvalue weighted by Crippen LogP contribution is 2.28. The van der Waals surface area contributed by atoms with Crippen LogP contribution in [0, 0.1) is 0 Å². The van der Waals surface area contributed by atoms with Gasteiger partial charge >= 0.3 is 0 Å². The van der Waals surface area contributed by atoms with E-state index in [9.17, 15) is 0 Å². The van der Waals surface area contributed by atoms with Gasteiger partial charge in [0.25, 0.3) is 0 Å². The average molecular weight is 237 g/mol. The minimum Gasteiger partial charge on any atom is -0.327 e. The number of hydrogen-bond donors (Lipinski definition) is 1. The highest BCUT2D eigenvalue weighted by Gasteiger charge is 2.05. The molecule has 72 valence electrons. The van der Waals surface area contributed by atoms with Gasteiger partial charge < -0.3 is 5.73 Å². The number of thiazole rings is 1. The molecule has 1 heterocycles. The lowest BCUT2D eigenvalue weighted by Crippen LogP contribution is -2.01. The van der Waals surface area contributed by atoms with Crippen molar-refractivity contribution in [2.45, 2.75) is 13.3 Å². The Labute approximate surface area is 91.4 Å². The zero-order valence-corrected chi connectivity index (χ0v) is 9.51. The Morgan fingerprint density at radius 2 is 2.31 bits per heavy atom. The van der Waals surface area contributed by atoms with Crippen molar-refractivity contribution in [3.05, 3.63) is 20.1 Å². The summed E-state index contributed by atoms with van der Waals surface area (Å²) in [5.41, 5.74) is 6.67. The molecule has 0 aliphatic carbocycles. The van der Waals surface area contributed by atoms with Crippen LogP contribution in [0.2, 0.25) is 9.62 Å². The van der Waals surface area contributed by atoms with Gasteiger partial charge in [-0.3, -0.25) is 0 Å². The van der Waals surface area contributed by atoms with Gasteiger partial charge in [-0.15, -0.1) is 11.3 Å². The maximum absolute atomic E-state index is 5.83. The van der Waals surface area contributed by atoms with Crippen molar-refractivity contribution in [2.24, 2.45) is 5.73 Å². The van der Waals surface area contributed by atoms with Crippen LogP contribution in [0.1, 0.15) is 18.2 Å². The topological polar surface area (TPSA) is 38.9 Å². The second-order valence-electron chi connectivity index (χ2n) is 2.48. The van der Waals surface area contributed by atoms with Crippen LogP contribution in [0.25, 0.3) is 6.08 Å². The fraction of sp³-hybridized carbons (Fsp3) is 0.375. The minimum absolute atomic E-state index is 0.453. The minimum atomic E-state index is 0.453. The number of rotatable bonds is 3. The number of halogens is 2. The predicted octanol–water partition coefficient (Wildman–Crippen LogP) is 3.20. The van der Waals surface area contributed by atoms with Gasteiger partial charge in [0.05, 0.1) is 4.88 Å². The maximum Gasteiger partial charge on any atom is 0.185 e. The molecule has 1 aromatic heterocycles. The van der Waals surface area contributed by atoms with Crippen molar-refractivity contribution >= 4 is 40.6 Å². The van der Waals surface area contributed by atoms with E-state index in [0.29, 0.717) is 16.2 Å². The number of nitrogens with two attached hydrogens (primary N) is 1. The van der Waals surface area contributed by atoms with E-state index in [0.717, 1.165) is 16.9 Å². The van der Waals surface area contributed by atoms with Crippen molar-refractivity contribution in [1.82, 2.24) is 4.98 Å². The zero-order valence-electron chi connectivity index (χ0n) is 7.18. The largest absolute Gasteiger partial charge is 0.327 e. The molecule has 0 unspecified atom stereocenters. The molecule has 13 heavy (non-hydrogen) atoms. The Bertz CT molecular complexity index is 314. The summed E-state index contributed by atoms with van der Waals surface area (Å²) in [5.74, 6) is 0. The van der Waals surface area contributed by atoms with Crippen LogP contribution in [-0.2, 0) is 0 Å². The SMILES string of the molecule is CCC(=Cc1sc(Cl)nc1Cl)CN. The monoisotopic (exact) mass is 236 g/mol. The van der Waals surface area contributed by atoms with Crippen LogP contribution in [0.3, 0.4) is 0 Å². The standard InChI is InChI=1S/C8H10Cl2N2S/c1-2-5(4-11)3-6-7(9)12-8(10)13-6/h3H,2,4,11H2,1H3. The summed E-state index contributed by atoms with van der Waals surface area (Å²) < 4.78 is 0.462. The summed E-state index contributed by atoms with van der Waals surface area (Å²) in [6.45, 7) is 2.59. The zero-order chi connectivity index (χ0) is 9.84. The Morgan fingerprint density at radius 1 is 1.62 bits per heavy atom. The van der Waals surface area contributed by atoms with Crippen molar-refractivity contribution in [3.63, 3.8) is 0 Å². The number of nitrogens with zero attached hydrogens (tertiary/aromatic N) is 1. The lowest BCUT2D eigenvalue weighted by Gasteiger charge is -1.97. The molecule has 5 heteroatoms. The average Bonchev–Trinajstić information content (AvgIpc) is 2.41. The lowest BCUT2D eigenvalue weighted by molar-refractivity contribution is 1.02. The first-order valence-corrected chi connectivity index (χ1v) is 5.46. The van der Waals surface area contributed by atoms with E-state index in [1.807, 2.05) is 6.08 Å². The molecule has 2 nitrogen and oxygen atoms in total. The first kappa shape index (κ1) is 11.0. The predicted molar refractivity (Wildman–Crippen MR) is 59.5 cm³/mol. The molecule has 0 fully saturated rings. The van der Waals surface area contributed by atoms with Gasteiger partial charge in [0.15, 0.2) is 4.47 Å². The van der Waals surface area contributed by atoms with Crippen LogP contribution in [0.15, 0.2) is 5.57 Å². The van der Waals surface area contributed by atoms with Crippen molar-refractivity contribution < 1.29 is 0 Å². The summed E-state index contributed by atoms with van der Waals surface area (Å²) in [4.78, 5) is 4.78. The highest BCUT2D eigenvalue weighted by molar-refractivity contribution is 7.17. The van der Waals surface area contributed by atoms with E-state index in [1.54, 1.807) is 0 Å². The molecular weight excluding hydrogens is 227 g/mol. The summed E-state index contributed by atoms with van der Waals surface area (Å²) in [6.07, 6.45) is 2.87. The molecule has 0 amide bonds. The van der Waals surface area contributed by atoms with Gasteiger partial charge in [0.2, 0.25) is 0 Å². The van der Waals surface area contributed by atoms with Crippen LogP contribution in [0.4, 0.5) is 0 Å². The third-order valence-electron chi connectivity index (χ3n) is 1.64. The summed E-state index contributed by atoms with van der Waals surface area (Å²) >= 11 is 12.9. The van der Waals surface area contributed by atoms with Crippen LogP contribution in [0.5, 0.6) is 0 Å². The maximum atomic E-state index is 5.83. The molecule has 0 radical (unpaired) electrons. The number of hydrogen-bond acceptors (Lipinski definition) is 3. The summed E-state index contributed by atoms with van der Waals surface area (Å²) in [7, 11) is 0. The second kappa shape index (κ2) is 4.96. The molecule has 2 N–H and O–H groups in total. The fourth-order valence-corrected chi connectivity index (χ4v) is 2.22. The van der Waals surface area contributed by atoms with Gasteiger partial charge in [-0.05, 0) is 12.5 Å². The lowest BCUT2D eigenvalue weighted by atomic mass is 10.2. The Hall–Kier alpha value is -0.0900. The number of aromatic nitrogens is 1. The molecule has 0 saturated heterocycles. The molecular formula is C8H10Cl2N2S. The highest BCUT2D eigenvalue weighted by atomic mass is 35.5. The van der Waals surface area contributed by atoms with E-state index in [1.165, 1.54) is 11.3 Å². The third kappa shape index (κ3) is 2.95. The summed E-state index contributed by atoms with van der Waals surface area (Å²) in [5, 5.41) is 0.453.